The fraction of sp³-hybridized carbons (Fsp3) is 0.875. The number of hydrogen-bond acceptors (Lipinski definition) is 2. The average molecular weight is 173 g/mol. The van der Waals surface area contributed by atoms with E-state index in [0.29, 0.717) is 6.54 Å². The molecular weight excluding hydrogens is 154 g/mol. The molecule has 0 aromatic carbocycles. The van der Waals surface area contributed by atoms with Gasteiger partial charge in [-0.05, 0) is 20.8 Å². The molecule has 0 bridgehead atoms. The van der Waals surface area contributed by atoms with Gasteiger partial charge in [-0.3, -0.25) is 0 Å². The van der Waals surface area contributed by atoms with Crippen LogP contribution in [0.15, 0.2) is 5.16 Å². The van der Waals surface area contributed by atoms with Crippen LogP contribution in [0.1, 0.15) is 20.8 Å². The maximum atomic E-state index is 10.1. The van der Waals surface area contributed by atoms with Gasteiger partial charge in [-0.25, -0.2) is 0 Å². The maximum absolute atomic E-state index is 10.1. The molecule has 0 aliphatic rings. The predicted octanol–water partition coefficient (Wildman–Crippen LogP) is 0.718. The number of likely N-dealkylation sites (N-methyl/N-ethyl adjacent to an activating group) is 1. The highest BCUT2D eigenvalue weighted by atomic mass is 16.4. The van der Waals surface area contributed by atoms with Crippen LogP contribution >= 0.6 is 0 Å². The van der Waals surface area contributed by atoms with Gasteiger partial charge in [0.05, 0.1) is 19.6 Å². The standard InChI is InChI=1S/C8H19N3O/c1-4-11(5-2,6-3)7-8(9)10-12/h4-7H2,1-3H3,(H2-,9,10,12). The predicted molar refractivity (Wildman–Crippen MR) is 51.7 cm³/mol. The summed E-state index contributed by atoms with van der Waals surface area (Å²) in [6.45, 7) is 9.85. The summed E-state index contributed by atoms with van der Waals surface area (Å²) >= 11 is 0. The summed E-state index contributed by atoms with van der Waals surface area (Å²) in [5, 5.41) is 12.9. The summed E-state index contributed by atoms with van der Waals surface area (Å²) in [4.78, 5) is 0. The molecule has 0 aliphatic carbocycles. The molecule has 0 amide bonds. The topological polar surface area (TPSA) is 61.4 Å². The van der Waals surface area contributed by atoms with Gasteiger partial charge >= 0.3 is 0 Å². The minimum atomic E-state index is 0.209. The molecule has 4 nitrogen and oxygen atoms in total. The Morgan fingerprint density at radius 3 is 1.92 bits per heavy atom. The van der Waals surface area contributed by atoms with Crippen molar-refractivity contribution in [2.45, 2.75) is 20.8 Å². The van der Waals surface area contributed by atoms with E-state index in [0.717, 1.165) is 24.1 Å². The molecule has 0 saturated heterocycles. The molecule has 0 saturated carbocycles. The van der Waals surface area contributed by atoms with Crippen LogP contribution in [0.3, 0.4) is 0 Å². The molecule has 0 aliphatic heterocycles. The van der Waals surface area contributed by atoms with Gasteiger partial charge in [0.2, 0.25) is 0 Å². The third kappa shape index (κ3) is 2.70. The third-order valence-corrected chi connectivity index (χ3v) is 2.63. The summed E-state index contributed by atoms with van der Waals surface area (Å²) < 4.78 is 0.845. The highest BCUT2D eigenvalue weighted by molar-refractivity contribution is 5.81. The fourth-order valence-corrected chi connectivity index (χ4v) is 1.38. The van der Waals surface area contributed by atoms with E-state index in [9.17, 15) is 5.21 Å². The smallest absolute Gasteiger partial charge is 0.145 e. The summed E-state index contributed by atoms with van der Waals surface area (Å²) in [6.07, 6.45) is 0. The molecule has 0 fully saturated rings. The average Bonchev–Trinajstić information content (AvgIpc) is 2.14. The zero-order chi connectivity index (χ0) is 9.61. The quantitative estimate of drug-likeness (QED) is 0.288. The minimum absolute atomic E-state index is 0.209. The second-order valence-electron chi connectivity index (χ2n) is 3.03. The van der Waals surface area contributed by atoms with Gasteiger partial charge in [0.25, 0.3) is 0 Å². The first-order valence-corrected chi connectivity index (χ1v) is 4.43. The summed E-state index contributed by atoms with van der Waals surface area (Å²) in [5.74, 6) is 0.209. The van der Waals surface area contributed by atoms with Crippen LogP contribution in [0.4, 0.5) is 0 Å². The lowest BCUT2D eigenvalue weighted by Crippen LogP contribution is -2.52. The van der Waals surface area contributed by atoms with Gasteiger partial charge in [0.15, 0.2) is 0 Å². The van der Waals surface area contributed by atoms with Crippen LogP contribution in [0, 0.1) is 5.21 Å². The van der Waals surface area contributed by atoms with E-state index in [1.54, 1.807) is 0 Å². The second-order valence-corrected chi connectivity index (χ2v) is 3.03. The Kier molecular flexibility index (Phi) is 4.66. The number of quaternary nitrogens is 1. The van der Waals surface area contributed by atoms with Crippen molar-refractivity contribution in [2.24, 2.45) is 10.9 Å². The minimum Gasteiger partial charge on any atom is -0.791 e. The van der Waals surface area contributed by atoms with Gasteiger partial charge in [-0.2, -0.15) is 0 Å². The monoisotopic (exact) mass is 173 g/mol. The molecule has 4 heteroatoms. The van der Waals surface area contributed by atoms with Crippen LogP contribution in [0.2, 0.25) is 0 Å². The van der Waals surface area contributed by atoms with E-state index in [2.05, 4.69) is 25.9 Å². The third-order valence-electron chi connectivity index (χ3n) is 2.63. The fourth-order valence-electron chi connectivity index (χ4n) is 1.38. The molecule has 72 valence electrons. The lowest BCUT2D eigenvalue weighted by molar-refractivity contribution is -0.914. The Hall–Kier alpha value is -0.770. The number of rotatable bonds is 5. The van der Waals surface area contributed by atoms with Crippen molar-refractivity contribution >= 4 is 5.84 Å². The van der Waals surface area contributed by atoms with E-state index >= 15 is 0 Å². The molecule has 12 heavy (non-hydrogen) atoms. The first kappa shape index (κ1) is 11.2. The molecule has 2 N–H and O–H groups in total. The van der Waals surface area contributed by atoms with Crippen LogP contribution in [0.25, 0.3) is 0 Å². The Morgan fingerprint density at radius 2 is 1.67 bits per heavy atom. The van der Waals surface area contributed by atoms with E-state index in [1.165, 1.54) is 0 Å². The van der Waals surface area contributed by atoms with Crippen molar-refractivity contribution in [2.75, 3.05) is 26.2 Å². The summed E-state index contributed by atoms with van der Waals surface area (Å²) in [5.41, 5.74) is 5.41. The Morgan fingerprint density at radius 1 is 1.25 bits per heavy atom. The number of nitrogens with two attached hydrogens (primary N) is 1. The zero-order valence-electron chi connectivity index (χ0n) is 8.21. The van der Waals surface area contributed by atoms with Crippen molar-refractivity contribution in [3.63, 3.8) is 0 Å². The van der Waals surface area contributed by atoms with Crippen molar-refractivity contribution < 1.29 is 4.48 Å². The second kappa shape index (κ2) is 4.98. The maximum Gasteiger partial charge on any atom is 0.145 e. The lowest BCUT2D eigenvalue weighted by atomic mass is 10.3. The summed E-state index contributed by atoms with van der Waals surface area (Å²) in [7, 11) is 0. The van der Waals surface area contributed by atoms with E-state index < -0.39 is 0 Å². The molecule has 0 radical (unpaired) electrons. The van der Waals surface area contributed by atoms with E-state index in [4.69, 9.17) is 5.73 Å². The molecule has 0 rings (SSSR count). The SMILES string of the molecule is CC[N+](CC)(CC)C/C(N)=N/[O-]. The van der Waals surface area contributed by atoms with Gasteiger partial charge < -0.3 is 20.6 Å². The van der Waals surface area contributed by atoms with Crippen molar-refractivity contribution in [3.05, 3.63) is 5.21 Å². The van der Waals surface area contributed by atoms with Gasteiger partial charge in [-0.15, -0.1) is 0 Å². The zero-order valence-corrected chi connectivity index (χ0v) is 8.21. The number of amidine groups is 1. The van der Waals surface area contributed by atoms with E-state index in [1.807, 2.05) is 0 Å². The molecule has 0 spiro atoms. The van der Waals surface area contributed by atoms with Crippen LogP contribution in [0.5, 0.6) is 0 Å². The molecule has 0 heterocycles. The van der Waals surface area contributed by atoms with Crippen molar-refractivity contribution in [1.82, 2.24) is 0 Å². The highest BCUT2D eigenvalue weighted by Crippen LogP contribution is 2.04. The van der Waals surface area contributed by atoms with Crippen LogP contribution in [-0.4, -0.2) is 36.5 Å². The van der Waals surface area contributed by atoms with Gasteiger partial charge in [-0.1, -0.05) is 0 Å². The van der Waals surface area contributed by atoms with Crippen LogP contribution < -0.4 is 5.73 Å². The van der Waals surface area contributed by atoms with Crippen molar-refractivity contribution in [3.8, 4) is 0 Å². The molecule has 0 atom stereocenters. The number of nitrogens with zero attached hydrogens (tertiary/aromatic N) is 2. The molecule has 0 aromatic rings. The van der Waals surface area contributed by atoms with Gasteiger partial charge in [0.1, 0.15) is 12.4 Å². The Bertz CT molecular complexity index is 144. The van der Waals surface area contributed by atoms with E-state index in [-0.39, 0.29) is 5.84 Å². The first-order valence-electron chi connectivity index (χ1n) is 4.43. The summed E-state index contributed by atoms with van der Waals surface area (Å²) in [6, 6.07) is 0. The van der Waals surface area contributed by atoms with Gasteiger partial charge in [0, 0.05) is 0 Å². The molecular formula is C8H19N3O. The Labute approximate surface area is 74.2 Å². The molecule has 0 aromatic heterocycles. The highest BCUT2D eigenvalue weighted by Gasteiger charge is 2.21. The van der Waals surface area contributed by atoms with Crippen LogP contribution in [-0.2, 0) is 0 Å². The first-order chi connectivity index (χ1) is 5.64. The normalized spacial score (nSPS) is 13.4. The number of hydrogen-bond donors (Lipinski definition) is 1. The lowest BCUT2D eigenvalue weighted by Gasteiger charge is -2.35. The van der Waals surface area contributed by atoms with Crippen molar-refractivity contribution in [1.29, 1.82) is 0 Å². The molecule has 0 unspecified atom stereocenters. The Balaban J connectivity index is 4.30. The largest absolute Gasteiger partial charge is 0.791 e.